The first-order valence-corrected chi connectivity index (χ1v) is 9.37. The van der Waals surface area contributed by atoms with Gasteiger partial charge in [0.1, 0.15) is 0 Å². The van der Waals surface area contributed by atoms with Crippen LogP contribution in [0, 0.1) is 6.92 Å². The van der Waals surface area contributed by atoms with E-state index in [0.717, 1.165) is 18.7 Å². The van der Waals surface area contributed by atoms with Gasteiger partial charge in [0.2, 0.25) is 5.75 Å². The molecule has 0 aromatic heterocycles. The number of aryl methyl sites for hydroxylation is 1. The quantitative estimate of drug-likeness (QED) is 0.834. The van der Waals surface area contributed by atoms with Crippen LogP contribution in [0.2, 0.25) is 0 Å². The van der Waals surface area contributed by atoms with Crippen molar-refractivity contribution in [3.8, 4) is 17.2 Å². The summed E-state index contributed by atoms with van der Waals surface area (Å²) in [6, 6.07) is 13.1. The Kier molecular flexibility index (Phi) is 6.04. The highest BCUT2D eigenvalue weighted by atomic mass is 16.5. The van der Waals surface area contributed by atoms with Gasteiger partial charge in [-0.3, -0.25) is 4.90 Å². The van der Waals surface area contributed by atoms with Crippen LogP contribution < -0.4 is 9.47 Å². The molecular weight excluding hydrogens is 326 g/mol. The molecule has 0 unspecified atom stereocenters. The zero-order valence-electron chi connectivity index (χ0n) is 16.0. The zero-order chi connectivity index (χ0) is 18.5. The minimum atomic E-state index is 0.0600. The Labute approximate surface area is 156 Å². The average molecular weight is 355 g/mol. The number of nitrogens with zero attached hydrogens (tertiary/aromatic N) is 1. The Morgan fingerprint density at radius 2 is 1.77 bits per heavy atom. The molecule has 0 aliphatic carbocycles. The molecule has 0 spiro atoms. The fourth-order valence-corrected chi connectivity index (χ4v) is 3.89. The van der Waals surface area contributed by atoms with Crippen LogP contribution in [0.15, 0.2) is 36.4 Å². The molecule has 4 heteroatoms. The lowest BCUT2D eigenvalue weighted by molar-refractivity contribution is 0.192. The number of hydrogen-bond donors (Lipinski definition) is 1. The maximum absolute atomic E-state index is 10.2. The molecule has 1 heterocycles. The summed E-state index contributed by atoms with van der Waals surface area (Å²) < 4.78 is 10.6. The number of hydrogen-bond acceptors (Lipinski definition) is 4. The topological polar surface area (TPSA) is 41.9 Å². The number of likely N-dealkylation sites (tertiary alicyclic amines) is 1. The molecule has 1 N–H and O–H groups in total. The largest absolute Gasteiger partial charge is 0.502 e. The lowest BCUT2D eigenvalue weighted by Gasteiger charge is -2.31. The Bertz CT molecular complexity index is 719. The van der Waals surface area contributed by atoms with Crippen molar-refractivity contribution in [1.29, 1.82) is 0 Å². The summed E-state index contributed by atoms with van der Waals surface area (Å²) in [7, 11) is 3.14. The van der Waals surface area contributed by atoms with Crippen LogP contribution in [0.5, 0.6) is 17.2 Å². The van der Waals surface area contributed by atoms with Gasteiger partial charge in [-0.2, -0.15) is 0 Å². The molecule has 1 atom stereocenters. The molecule has 0 amide bonds. The van der Waals surface area contributed by atoms with E-state index in [1.54, 1.807) is 14.2 Å². The van der Waals surface area contributed by atoms with E-state index in [2.05, 4.69) is 36.1 Å². The number of aromatic hydroxyl groups is 1. The zero-order valence-corrected chi connectivity index (χ0v) is 16.0. The summed E-state index contributed by atoms with van der Waals surface area (Å²) in [5.41, 5.74) is 3.79. The van der Waals surface area contributed by atoms with Crippen molar-refractivity contribution in [2.75, 3.05) is 20.8 Å². The molecule has 140 valence electrons. The van der Waals surface area contributed by atoms with Crippen molar-refractivity contribution in [3.63, 3.8) is 0 Å². The van der Waals surface area contributed by atoms with Crippen LogP contribution in [0.1, 0.15) is 48.4 Å². The van der Waals surface area contributed by atoms with Gasteiger partial charge in [-0.1, -0.05) is 42.7 Å². The van der Waals surface area contributed by atoms with Gasteiger partial charge in [-0.25, -0.2) is 0 Å². The van der Waals surface area contributed by atoms with E-state index in [4.69, 9.17) is 9.47 Å². The van der Waals surface area contributed by atoms with E-state index in [1.165, 1.54) is 36.8 Å². The predicted octanol–water partition coefficient (Wildman–Crippen LogP) is 4.84. The first kappa shape index (κ1) is 18.6. The van der Waals surface area contributed by atoms with Gasteiger partial charge >= 0.3 is 0 Å². The average Bonchev–Trinajstić information content (AvgIpc) is 2.88. The molecule has 1 aliphatic rings. The summed E-state index contributed by atoms with van der Waals surface area (Å²) in [4.78, 5) is 2.55. The molecular formula is C22H29NO3. The molecule has 2 aromatic carbocycles. The molecule has 2 aromatic rings. The highest BCUT2D eigenvalue weighted by molar-refractivity contribution is 5.52. The number of benzene rings is 2. The third kappa shape index (κ3) is 4.13. The van der Waals surface area contributed by atoms with Gasteiger partial charge in [0.05, 0.1) is 14.2 Å². The molecule has 3 rings (SSSR count). The monoisotopic (exact) mass is 355 g/mol. The second-order valence-corrected chi connectivity index (χ2v) is 7.10. The molecule has 0 bridgehead atoms. The van der Waals surface area contributed by atoms with Crippen molar-refractivity contribution >= 4 is 0 Å². The fourth-order valence-electron chi connectivity index (χ4n) is 3.89. The van der Waals surface area contributed by atoms with E-state index in [-0.39, 0.29) is 5.75 Å². The van der Waals surface area contributed by atoms with Gasteiger partial charge in [-0.05, 0) is 49.6 Å². The highest BCUT2D eigenvalue weighted by Crippen LogP contribution is 2.39. The highest BCUT2D eigenvalue weighted by Gasteiger charge is 2.23. The van der Waals surface area contributed by atoms with E-state index in [1.807, 2.05) is 12.1 Å². The van der Waals surface area contributed by atoms with E-state index < -0.39 is 0 Å². The number of rotatable bonds is 5. The number of phenols is 1. The third-order valence-electron chi connectivity index (χ3n) is 5.22. The maximum Gasteiger partial charge on any atom is 0.200 e. The first-order chi connectivity index (χ1) is 12.6. The van der Waals surface area contributed by atoms with Crippen molar-refractivity contribution in [2.45, 2.75) is 45.2 Å². The predicted molar refractivity (Wildman–Crippen MR) is 104 cm³/mol. The molecule has 26 heavy (non-hydrogen) atoms. The Morgan fingerprint density at radius 3 is 2.42 bits per heavy atom. The van der Waals surface area contributed by atoms with Gasteiger partial charge < -0.3 is 14.6 Å². The lowest BCUT2D eigenvalue weighted by Crippen LogP contribution is -2.28. The number of ether oxygens (including phenoxy) is 2. The number of methoxy groups -OCH3 is 2. The van der Waals surface area contributed by atoms with E-state index in [0.29, 0.717) is 17.5 Å². The minimum absolute atomic E-state index is 0.0600. The Balaban J connectivity index is 1.90. The lowest BCUT2D eigenvalue weighted by atomic mass is 9.98. The van der Waals surface area contributed by atoms with Crippen LogP contribution in [-0.2, 0) is 6.54 Å². The second-order valence-electron chi connectivity index (χ2n) is 7.10. The van der Waals surface area contributed by atoms with E-state index >= 15 is 0 Å². The van der Waals surface area contributed by atoms with Crippen molar-refractivity contribution in [1.82, 2.24) is 4.90 Å². The second kappa shape index (κ2) is 8.45. The Hall–Kier alpha value is -2.20. The number of phenolic OH excluding ortho intramolecular Hbond substituents is 1. The Morgan fingerprint density at radius 1 is 1.04 bits per heavy atom. The van der Waals surface area contributed by atoms with Crippen molar-refractivity contribution in [3.05, 3.63) is 53.1 Å². The third-order valence-corrected chi connectivity index (χ3v) is 5.22. The van der Waals surface area contributed by atoms with Crippen LogP contribution in [0.25, 0.3) is 0 Å². The van der Waals surface area contributed by atoms with Crippen LogP contribution in [-0.4, -0.2) is 30.8 Å². The van der Waals surface area contributed by atoms with Gasteiger partial charge in [0, 0.05) is 12.6 Å². The minimum Gasteiger partial charge on any atom is -0.502 e. The SMILES string of the molecule is COc1cc(CN2CCCCC[C@@H]2c2cccc(C)c2)cc(OC)c1O. The summed E-state index contributed by atoms with van der Waals surface area (Å²) in [6.07, 6.45) is 4.93. The van der Waals surface area contributed by atoms with Crippen molar-refractivity contribution < 1.29 is 14.6 Å². The fraction of sp³-hybridized carbons (Fsp3) is 0.455. The normalized spacial score (nSPS) is 18.3. The summed E-state index contributed by atoms with van der Waals surface area (Å²) >= 11 is 0. The van der Waals surface area contributed by atoms with Crippen LogP contribution in [0.3, 0.4) is 0 Å². The molecule has 1 aliphatic heterocycles. The molecule has 0 saturated carbocycles. The molecule has 1 fully saturated rings. The summed E-state index contributed by atoms with van der Waals surface area (Å²) in [5, 5.41) is 10.2. The standard InChI is InChI=1S/C22H29NO3/c1-16-8-7-9-18(12-16)19-10-5-4-6-11-23(19)15-17-13-20(25-2)22(24)21(14-17)26-3/h7-9,12-14,19,24H,4-6,10-11,15H2,1-3H3/t19-/m1/s1. The van der Waals surface area contributed by atoms with Crippen molar-refractivity contribution in [2.24, 2.45) is 0 Å². The van der Waals surface area contributed by atoms with Gasteiger partial charge in [0.15, 0.2) is 11.5 Å². The molecule has 1 saturated heterocycles. The summed E-state index contributed by atoms with van der Waals surface area (Å²) in [6.45, 7) is 4.04. The van der Waals surface area contributed by atoms with Crippen LogP contribution in [0.4, 0.5) is 0 Å². The van der Waals surface area contributed by atoms with Crippen LogP contribution >= 0.6 is 0 Å². The first-order valence-electron chi connectivity index (χ1n) is 9.37. The molecule has 4 nitrogen and oxygen atoms in total. The van der Waals surface area contributed by atoms with E-state index in [9.17, 15) is 5.11 Å². The summed E-state index contributed by atoms with van der Waals surface area (Å²) in [5.74, 6) is 0.979. The molecule has 0 radical (unpaired) electrons. The van der Waals surface area contributed by atoms with Gasteiger partial charge in [-0.15, -0.1) is 0 Å². The maximum atomic E-state index is 10.2. The van der Waals surface area contributed by atoms with Gasteiger partial charge in [0.25, 0.3) is 0 Å². The smallest absolute Gasteiger partial charge is 0.200 e.